The molecule has 2 aromatic heterocycles. The molecule has 1 amide bonds. The van der Waals surface area contributed by atoms with Crippen LogP contribution in [0.5, 0.6) is 0 Å². The quantitative estimate of drug-likeness (QED) is 0.241. The lowest BCUT2D eigenvalue weighted by atomic mass is 10.1. The number of aryl methyl sites for hydroxylation is 1. The van der Waals surface area contributed by atoms with E-state index in [1.807, 2.05) is 30.3 Å². The number of esters is 2. The average Bonchev–Trinajstić information content (AvgIpc) is 3.29. The second-order valence-electron chi connectivity index (χ2n) is 7.85. The molecule has 13 nitrogen and oxygen atoms in total. The van der Waals surface area contributed by atoms with E-state index in [1.165, 1.54) is 6.33 Å². The molecule has 0 fully saturated rings. The van der Waals surface area contributed by atoms with Gasteiger partial charge in [0.25, 0.3) is 5.56 Å². The Labute approximate surface area is 206 Å². The lowest BCUT2D eigenvalue weighted by Crippen LogP contribution is -2.32. The van der Waals surface area contributed by atoms with Crippen LogP contribution < -0.4 is 16.6 Å². The number of hydrogen-bond donors (Lipinski definition) is 3. The third-order valence-electron chi connectivity index (χ3n) is 5.11. The first-order valence-corrected chi connectivity index (χ1v) is 11.3. The molecule has 0 saturated heterocycles. The van der Waals surface area contributed by atoms with E-state index in [2.05, 4.69) is 20.3 Å². The summed E-state index contributed by atoms with van der Waals surface area (Å²) in [6.07, 6.45) is 1.33. The second-order valence-corrected chi connectivity index (χ2v) is 7.85. The number of anilines is 1. The van der Waals surface area contributed by atoms with Crippen LogP contribution >= 0.6 is 0 Å². The second kappa shape index (κ2) is 12.9. The lowest BCUT2D eigenvalue weighted by Gasteiger charge is -2.17. The number of rotatable bonds is 12. The number of alkyl carbamates (subject to hydrolysis) is 1. The molecular formula is C23H28N6O7. The normalized spacial score (nSPS) is 11.6. The highest BCUT2D eigenvalue weighted by Crippen LogP contribution is 2.12. The fourth-order valence-electron chi connectivity index (χ4n) is 3.16. The molecule has 1 atom stereocenters. The molecule has 13 heteroatoms. The van der Waals surface area contributed by atoms with Crippen molar-refractivity contribution >= 4 is 35.1 Å². The average molecular weight is 501 g/mol. The largest absolute Gasteiger partial charge is 0.465 e. The fraction of sp³-hybridized carbons (Fsp3) is 0.391. The van der Waals surface area contributed by atoms with Crippen molar-refractivity contribution in [2.24, 2.45) is 5.92 Å². The SMILES string of the molecule is CCC(=O)OCC(CCn1cnc2c(=O)[nH]c(N)nc21)COC(=O)CNC(=O)OCc1ccccc1. The van der Waals surface area contributed by atoms with Gasteiger partial charge in [0.15, 0.2) is 11.2 Å². The topological polar surface area (TPSA) is 181 Å². The molecule has 192 valence electrons. The molecule has 1 aromatic carbocycles. The summed E-state index contributed by atoms with van der Waals surface area (Å²) in [5.74, 6) is -1.45. The Morgan fingerprint density at radius 3 is 2.56 bits per heavy atom. The maximum absolute atomic E-state index is 12.1. The first-order valence-electron chi connectivity index (χ1n) is 11.3. The number of fused-ring (bicyclic) bond motifs is 1. The van der Waals surface area contributed by atoms with Crippen molar-refractivity contribution in [2.75, 3.05) is 25.5 Å². The number of carbonyl (C=O) groups excluding carboxylic acids is 3. The van der Waals surface area contributed by atoms with E-state index >= 15 is 0 Å². The molecule has 1 unspecified atom stereocenters. The van der Waals surface area contributed by atoms with Crippen LogP contribution in [0.25, 0.3) is 11.2 Å². The van der Waals surface area contributed by atoms with Crippen LogP contribution in [0.1, 0.15) is 25.3 Å². The Morgan fingerprint density at radius 1 is 1.11 bits per heavy atom. The Bertz CT molecular complexity index is 1240. The minimum absolute atomic E-state index is 0.0231. The number of carbonyl (C=O) groups is 3. The van der Waals surface area contributed by atoms with Crippen LogP contribution in [0.15, 0.2) is 41.5 Å². The van der Waals surface area contributed by atoms with E-state index in [4.69, 9.17) is 19.9 Å². The Hall–Kier alpha value is -4.42. The zero-order valence-electron chi connectivity index (χ0n) is 19.8. The van der Waals surface area contributed by atoms with Crippen LogP contribution in [0, 0.1) is 5.92 Å². The van der Waals surface area contributed by atoms with Crippen LogP contribution in [0.4, 0.5) is 10.7 Å². The summed E-state index contributed by atoms with van der Waals surface area (Å²) in [6, 6.07) is 9.11. The minimum atomic E-state index is -0.752. The van der Waals surface area contributed by atoms with E-state index in [-0.39, 0.29) is 56.1 Å². The molecule has 0 aliphatic heterocycles. The van der Waals surface area contributed by atoms with Crippen molar-refractivity contribution in [1.29, 1.82) is 0 Å². The molecule has 36 heavy (non-hydrogen) atoms. The van der Waals surface area contributed by atoms with Gasteiger partial charge >= 0.3 is 18.0 Å². The first kappa shape index (κ1) is 26.2. The van der Waals surface area contributed by atoms with Gasteiger partial charge in [-0.05, 0) is 12.0 Å². The van der Waals surface area contributed by atoms with Gasteiger partial charge in [-0.25, -0.2) is 9.78 Å². The number of amides is 1. The van der Waals surface area contributed by atoms with Crippen LogP contribution in [0.2, 0.25) is 0 Å². The summed E-state index contributed by atoms with van der Waals surface area (Å²) in [5, 5.41) is 2.33. The van der Waals surface area contributed by atoms with E-state index in [9.17, 15) is 19.2 Å². The van der Waals surface area contributed by atoms with Crippen molar-refractivity contribution in [2.45, 2.75) is 32.9 Å². The van der Waals surface area contributed by atoms with Gasteiger partial charge in [0, 0.05) is 18.9 Å². The van der Waals surface area contributed by atoms with E-state index in [0.29, 0.717) is 18.6 Å². The third kappa shape index (κ3) is 7.82. The van der Waals surface area contributed by atoms with Gasteiger partial charge in [0.05, 0.1) is 19.5 Å². The molecule has 3 aromatic rings. The van der Waals surface area contributed by atoms with Crippen molar-refractivity contribution in [3.8, 4) is 0 Å². The predicted molar refractivity (Wildman–Crippen MR) is 128 cm³/mol. The Morgan fingerprint density at radius 2 is 1.83 bits per heavy atom. The number of nitrogens with one attached hydrogen (secondary N) is 2. The zero-order chi connectivity index (χ0) is 25.9. The predicted octanol–water partition coefficient (Wildman–Crippen LogP) is 1.13. The van der Waals surface area contributed by atoms with Crippen LogP contribution in [-0.4, -0.2) is 57.3 Å². The number of nitrogens with zero attached hydrogens (tertiary/aromatic N) is 3. The van der Waals surface area contributed by atoms with Gasteiger partial charge < -0.3 is 29.8 Å². The standard InChI is InChI=1S/C23H28N6O7/c1-2-17(30)34-12-16(8-9-29-14-26-19-20(29)27-22(24)28-21(19)32)13-35-18(31)10-25-23(33)36-11-15-6-4-3-5-7-15/h3-7,14,16H,2,8-13H2,1H3,(H,25,33)(H3,24,27,28,32). The lowest BCUT2D eigenvalue weighted by molar-refractivity contribution is -0.148. The highest BCUT2D eigenvalue weighted by Gasteiger charge is 2.17. The monoisotopic (exact) mass is 500 g/mol. The van der Waals surface area contributed by atoms with Crippen LogP contribution in [0.3, 0.4) is 0 Å². The molecule has 0 aliphatic rings. The van der Waals surface area contributed by atoms with Gasteiger partial charge in [-0.3, -0.25) is 19.4 Å². The van der Waals surface area contributed by atoms with Crippen molar-refractivity contribution in [3.63, 3.8) is 0 Å². The number of nitrogen functional groups attached to an aromatic ring is 1. The summed E-state index contributed by atoms with van der Waals surface area (Å²) in [4.78, 5) is 58.0. The molecule has 4 N–H and O–H groups in total. The summed E-state index contributed by atoms with van der Waals surface area (Å²) in [6.45, 7) is 1.68. The molecular weight excluding hydrogens is 472 g/mol. The highest BCUT2D eigenvalue weighted by molar-refractivity contribution is 5.77. The smallest absolute Gasteiger partial charge is 0.407 e. The summed E-state index contributed by atoms with van der Waals surface area (Å²) >= 11 is 0. The molecule has 2 heterocycles. The maximum atomic E-state index is 12.1. The van der Waals surface area contributed by atoms with Crippen molar-refractivity contribution in [3.05, 3.63) is 52.6 Å². The highest BCUT2D eigenvalue weighted by atomic mass is 16.6. The van der Waals surface area contributed by atoms with E-state index in [1.54, 1.807) is 11.5 Å². The number of imidazole rings is 1. The summed E-state index contributed by atoms with van der Waals surface area (Å²) in [7, 11) is 0. The zero-order valence-corrected chi connectivity index (χ0v) is 19.8. The molecule has 0 bridgehead atoms. The maximum Gasteiger partial charge on any atom is 0.407 e. The number of ether oxygens (including phenoxy) is 3. The molecule has 0 saturated carbocycles. The summed E-state index contributed by atoms with van der Waals surface area (Å²) < 4.78 is 17.2. The van der Waals surface area contributed by atoms with Gasteiger partial charge in [-0.2, -0.15) is 4.98 Å². The van der Waals surface area contributed by atoms with Crippen molar-refractivity contribution in [1.82, 2.24) is 24.8 Å². The van der Waals surface area contributed by atoms with E-state index in [0.717, 1.165) is 5.56 Å². The Kier molecular flexibility index (Phi) is 9.37. The molecule has 0 spiro atoms. The number of aromatic nitrogens is 4. The number of aromatic amines is 1. The molecule has 3 rings (SSSR count). The van der Waals surface area contributed by atoms with Crippen LogP contribution in [-0.2, 0) is 37.0 Å². The van der Waals surface area contributed by atoms with Crippen molar-refractivity contribution < 1.29 is 28.6 Å². The van der Waals surface area contributed by atoms with Gasteiger partial charge in [-0.1, -0.05) is 37.3 Å². The first-order chi connectivity index (χ1) is 17.4. The van der Waals surface area contributed by atoms with Gasteiger partial charge in [0.1, 0.15) is 13.2 Å². The number of nitrogens with two attached hydrogens (primary N) is 1. The summed E-state index contributed by atoms with van der Waals surface area (Å²) in [5.41, 5.74) is 6.45. The number of hydrogen-bond acceptors (Lipinski definition) is 10. The molecule has 0 aliphatic carbocycles. The molecule has 0 radical (unpaired) electrons. The minimum Gasteiger partial charge on any atom is -0.465 e. The fourth-order valence-corrected chi connectivity index (χ4v) is 3.16. The third-order valence-corrected chi connectivity index (χ3v) is 5.11. The van der Waals surface area contributed by atoms with Gasteiger partial charge in [0.2, 0.25) is 5.95 Å². The van der Waals surface area contributed by atoms with E-state index < -0.39 is 17.6 Å². The number of H-pyrrole nitrogens is 1. The number of benzene rings is 1. The van der Waals surface area contributed by atoms with Gasteiger partial charge in [-0.15, -0.1) is 0 Å². The Balaban J connectivity index is 1.49.